The predicted octanol–water partition coefficient (Wildman–Crippen LogP) is 0.472. The van der Waals surface area contributed by atoms with E-state index in [1.807, 2.05) is 6.92 Å². The second-order valence-electron chi connectivity index (χ2n) is 5.05. The molecule has 1 aromatic carbocycles. The number of nitrogens with two attached hydrogens (primary N) is 1. The van der Waals surface area contributed by atoms with E-state index in [9.17, 15) is 18.0 Å². The van der Waals surface area contributed by atoms with E-state index in [-0.39, 0.29) is 22.5 Å². The summed E-state index contributed by atoms with van der Waals surface area (Å²) < 4.78 is 27.3. The maximum absolute atomic E-state index is 11.6. The molecule has 1 saturated carbocycles. The van der Waals surface area contributed by atoms with Crippen molar-refractivity contribution in [3.05, 3.63) is 24.3 Å². The van der Waals surface area contributed by atoms with Crippen LogP contribution in [0.2, 0.25) is 0 Å². The highest BCUT2D eigenvalue weighted by molar-refractivity contribution is 7.89. The van der Waals surface area contributed by atoms with Crippen LogP contribution in [0, 0.1) is 11.8 Å². The Bertz CT molecular complexity index is 671. The highest BCUT2D eigenvalue weighted by atomic mass is 32.2. The molecule has 1 aliphatic rings. The average molecular weight is 312 g/mol. The van der Waals surface area contributed by atoms with Gasteiger partial charge in [0.25, 0.3) is 5.91 Å². The predicted molar refractivity (Wildman–Crippen MR) is 74.7 cm³/mol. The quantitative estimate of drug-likeness (QED) is 0.767. The van der Waals surface area contributed by atoms with Crippen LogP contribution in [-0.2, 0) is 24.3 Å². The summed E-state index contributed by atoms with van der Waals surface area (Å²) >= 11 is 0. The molecule has 2 rings (SSSR count). The molecule has 1 aliphatic carbocycles. The van der Waals surface area contributed by atoms with Crippen molar-refractivity contribution in [1.29, 1.82) is 0 Å². The van der Waals surface area contributed by atoms with Gasteiger partial charge in [0.2, 0.25) is 10.0 Å². The van der Waals surface area contributed by atoms with Crippen molar-refractivity contribution in [3.8, 4) is 0 Å². The number of esters is 1. The molecule has 0 unspecified atom stereocenters. The van der Waals surface area contributed by atoms with E-state index in [4.69, 9.17) is 9.88 Å². The van der Waals surface area contributed by atoms with Gasteiger partial charge in [-0.1, -0.05) is 13.0 Å². The second-order valence-corrected chi connectivity index (χ2v) is 6.61. The molecule has 1 amide bonds. The number of carbonyl (C=O) groups is 2. The smallest absolute Gasteiger partial charge is 0.309 e. The third-order valence-electron chi connectivity index (χ3n) is 3.20. The number of rotatable bonds is 5. The van der Waals surface area contributed by atoms with Crippen molar-refractivity contribution < 1.29 is 22.7 Å². The van der Waals surface area contributed by atoms with E-state index in [0.29, 0.717) is 5.92 Å². The minimum atomic E-state index is -3.83. The van der Waals surface area contributed by atoms with Crippen molar-refractivity contribution in [2.24, 2.45) is 17.0 Å². The van der Waals surface area contributed by atoms with Crippen LogP contribution in [0.25, 0.3) is 0 Å². The minimum absolute atomic E-state index is 0.107. The van der Waals surface area contributed by atoms with Crippen LogP contribution in [0.15, 0.2) is 29.2 Å². The summed E-state index contributed by atoms with van der Waals surface area (Å²) in [5, 5.41) is 7.44. The van der Waals surface area contributed by atoms with Gasteiger partial charge in [-0.15, -0.1) is 0 Å². The molecule has 0 aromatic heterocycles. The van der Waals surface area contributed by atoms with E-state index in [2.05, 4.69) is 5.32 Å². The highest BCUT2D eigenvalue weighted by Gasteiger charge is 2.40. The molecular formula is C13H16N2O5S. The van der Waals surface area contributed by atoms with Crippen LogP contribution in [-0.4, -0.2) is 26.9 Å². The van der Waals surface area contributed by atoms with Gasteiger partial charge in [0.1, 0.15) is 0 Å². The Morgan fingerprint density at radius 3 is 2.67 bits per heavy atom. The zero-order valence-corrected chi connectivity index (χ0v) is 12.2. The molecule has 7 nitrogen and oxygen atoms in total. The van der Waals surface area contributed by atoms with E-state index < -0.39 is 22.5 Å². The number of benzene rings is 1. The van der Waals surface area contributed by atoms with Crippen molar-refractivity contribution in [3.63, 3.8) is 0 Å². The van der Waals surface area contributed by atoms with Gasteiger partial charge in [0.15, 0.2) is 6.61 Å². The van der Waals surface area contributed by atoms with E-state index >= 15 is 0 Å². The number of anilines is 1. The molecule has 114 valence electrons. The lowest BCUT2D eigenvalue weighted by Gasteiger charge is -2.07. The fourth-order valence-corrected chi connectivity index (χ4v) is 2.40. The topological polar surface area (TPSA) is 116 Å². The number of hydrogen-bond acceptors (Lipinski definition) is 5. The standard InChI is InChI=1S/C13H16N2O5S/c1-8-5-11(8)13(17)20-7-12(16)15-9-3-2-4-10(6-9)21(14,18)19/h2-4,6,8,11H,5,7H2,1H3,(H,15,16)(H2,14,18,19)/t8-,11-/m1/s1. The summed E-state index contributed by atoms with van der Waals surface area (Å²) in [6.07, 6.45) is 0.789. The number of primary sulfonamides is 1. The molecule has 0 bridgehead atoms. The number of sulfonamides is 1. The van der Waals surface area contributed by atoms with Gasteiger partial charge in [0, 0.05) is 5.69 Å². The second kappa shape index (κ2) is 5.82. The Hall–Kier alpha value is -1.93. The van der Waals surface area contributed by atoms with Crippen molar-refractivity contribution in [2.75, 3.05) is 11.9 Å². The van der Waals surface area contributed by atoms with E-state index in [1.165, 1.54) is 24.3 Å². The van der Waals surface area contributed by atoms with Gasteiger partial charge in [-0.2, -0.15) is 0 Å². The summed E-state index contributed by atoms with van der Waals surface area (Å²) in [5.74, 6) is -0.713. The summed E-state index contributed by atoms with van der Waals surface area (Å²) in [7, 11) is -3.83. The van der Waals surface area contributed by atoms with E-state index in [0.717, 1.165) is 6.42 Å². The normalized spacial score (nSPS) is 20.7. The number of hydrogen-bond donors (Lipinski definition) is 2. The minimum Gasteiger partial charge on any atom is -0.455 e. The Morgan fingerprint density at radius 1 is 1.43 bits per heavy atom. The highest BCUT2D eigenvalue weighted by Crippen LogP contribution is 2.38. The maximum atomic E-state index is 11.6. The number of nitrogens with one attached hydrogen (secondary N) is 1. The van der Waals surface area contributed by atoms with Crippen molar-refractivity contribution >= 4 is 27.6 Å². The Morgan fingerprint density at radius 2 is 2.10 bits per heavy atom. The van der Waals surface area contributed by atoms with Gasteiger partial charge in [0.05, 0.1) is 10.8 Å². The molecule has 0 aliphatic heterocycles. The van der Waals surface area contributed by atoms with Gasteiger partial charge in [-0.05, 0) is 30.5 Å². The van der Waals surface area contributed by atoms with Crippen LogP contribution in [0.3, 0.4) is 0 Å². The lowest BCUT2D eigenvalue weighted by atomic mass is 10.3. The zero-order valence-electron chi connectivity index (χ0n) is 11.4. The SMILES string of the molecule is C[C@@H]1C[C@H]1C(=O)OCC(=O)Nc1cccc(S(N)(=O)=O)c1. The van der Waals surface area contributed by atoms with Crippen molar-refractivity contribution in [1.82, 2.24) is 0 Å². The van der Waals surface area contributed by atoms with Gasteiger partial charge < -0.3 is 10.1 Å². The molecule has 1 aromatic rings. The third-order valence-corrected chi connectivity index (χ3v) is 4.12. The fourth-order valence-electron chi connectivity index (χ4n) is 1.84. The summed E-state index contributed by atoms with van der Waals surface area (Å²) in [5.41, 5.74) is 0.266. The van der Waals surface area contributed by atoms with Gasteiger partial charge in [-0.3, -0.25) is 9.59 Å². The largest absolute Gasteiger partial charge is 0.455 e. The van der Waals surface area contributed by atoms with Gasteiger partial charge >= 0.3 is 5.97 Å². The Labute approximate surface area is 122 Å². The molecule has 0 spiro atoms. The molecule has 0 radical (unpaired) electrons. The van der Waals surface area contributed by atoms with Gasteiger partial charge in [-0.25, -0.2) is 13.6 Å². The summed E-state index contributed by atoms with van der Waals surface area (Å²) in [6.45, 7) is 1.53. The molecule has 2 atom stereocenters. The first-order valence-electron chi connectivity index (χ1n) is 6.36. The maximum Gasteiger partial charge on any atom is 0.309 e. The first-order valence-corrected chi connectivity index (χ1v) is 7.91. The van der Waals surface area contributed by atoms with E-state index in [1.54, 1.807) is 0 Å². The zero-order chi connectivity index (χ0) is 15.6. The lowest BCUT2D eigenvalue weighted by molar-refractivity contribution is -0.148. The third kappa shape index (κ3) is 4.27. The number of carbonyl (C=O) groups excluding carboxylic acids is 2. The average Bonchev–Trinajstić information content (AvgIpc) is 3.12. The first-order chi connectivity index (χ1) is 9.77. The first kappa shape index (κ1) is 15.5. The molecule has 21 heavy (non-hydrogen) atoms. The number of ether oxygens (including phenoxy) is 1. The Balaban J connectivity index is 1.89. The van der Waals surface area contributed by atoms with Crippen LogP contribution < -0.4 is 10.5 Å². The summed E-state index contributed by atoms with van der Waals surface area (Å²) in [6, 6.07) is 5.52. The Kier molecular flexibility index (Phi) is 4.29. The molecule has 1 fully saturated rings. The summed E-state index contributed by atoms with van der Waals surface area (Å²) in [4.78, 5) is 23.0. The molecule has 8 heteroatoms. The molecule has 0 saturated heterocycles. The van der Waals surface area contributed by atoms with Crippen LogP contribution in [0.5, 0.6) is 0 Å². The number of amides is 1. The fraction of sp³-hybridized carbons (Fsp3) is 0.385. The van der Waals surface area contributed by atoms with Crippen LogP contribution in [0.1, 0.15) is 13.3 Å². The van der Waals surface area contributed by atoms with Crippen molar-refractivity contribution in [2.45, 2.75) is 18.2 Å². The molecule has 3 N–H and O–H groups in total. The molecular weight excluding hydrogens is 296 g/mol. The molecule has 0 heterocycles. The van der Waals surface area contributed by atoms with Crippen LogP contribution >= 0.6 is 0 Å². The lowest BCUT2D eigenvalue weighted by Crippen LogP contribution is -2.22. The van der Waals surface area contributed by atoms with Crippen LogP contribution in [0.4, 0.5) is 5.69 Å². The monoisotopic (exact) mass is 312 g/mol.